The molecule has 0 saturated carbocycles. The molecule has 2 aromatic heterocycles. The Balaban J connectivity index is 1.52. The zero-order valence-corrected chi connectivity index (χ0v) is 15.0. The van der Waals surface area contributed by atoms with Gasteiger partial charge in [0.1, 0.15) is 6.10 Å². The Bertz CT molecular complexity index is 1060. The van der Waals surface area contributed by atoms with Crippen molar-refractivity contribution in [1.82, 2.24) is 9.97 Å². The molecule has 150 valence electrons. The van der Waals surface area contributed by atoms with Crippen molar-refractivity contribution in [2.75, 3.05) is 18.0 Å². The lowest BCUT2D eigenvalue weighted by Crippen LogP contribution is -2.25. The van der Waals surface area contributed by atoms with E-state index >= 15 is 0 Å². The molecule has 0 amide bonds. The maximum Gasteiger partial charge on any atom is 0.417 e. The Morgan fingerprint density at radius 2 is 1.97 bits per heavy atom. The first kappa shape index (κ1) is 18.9. The Labute approximate surface area is 162 Å². The number of nitrogens with zero attached hydrogens (tertiary/aromatic N) is 4. The van der Waals surface area contributed by atoms with Crippen LogP contribution in [0.25, 0.3) is 10.8 Å². The molecule has 4 rings (SSSR count). The molecule has 0 N–H and O–H groups in total. The maximum atomic E-state index is 12.6. The molecular formula is C19H15F3N4O3. The first-order chi connectivity index (χ1) is 13.8. The van der Waals surface area contributed by atoms with Gasteiger partial charge in [-0.2, -0.15) is 13.2 Å². The predicted molar refractivity (Wildman–Crippen MR) is 98.9 cm³/mol. The van der Waals surface area contributed by atoms with Gasteiger partial charge in [-0.25, -0.2) is 4.98 Å². The predicted octanol–water partition coefficient (Wildman–Crippen LogP) is 4.21. The van der Waals surface area contributed by atoms with Crippen LogP contribution in [0.2, 0.25) is 0 Å². The first-order valence-electron chi connectivity index (χ1n) is 8.79. The van der Waals surface area contributed by atoms with Crippen molar-refractivity contribution in [1.29, 1.82) is 0 Å². The summed E-state index contributed by atoms with van der Waals surface area (Å²) in [7, 11) is 0. The number of halogens is 3. The summed E-state index contributed by atoms with van der Waals surface area (Å²) in [6.45, 7) is 1.12. The molecule has 7 nitrogen and oxygen atoms in total. The van der Waals surface area contributed by atoms with E-state index in [0.717, 1.165) is 18.0 Å². The van der Waals surface area contributed by atoms with Gasteiger partial charge in [-0.1, -0.05) is 0 Å². The summed E-state index contributed by atoms with van der Waals surface area (Å²) in [6.07, 6.45) is -0.266. The minimum absolute atomic E-state index is 0.0159. The van der Waals surface area contributed by atoms with E-state index in [1.54, 1.807) is 18.3 Å². The van der Waals surface area contributed by atoms with Gasteiger partial charge in [0.15, 0.2) is 0 Å². The molecule has 10 heteroatoms. The molecule has 1 aromatic carbocycles. The van der Waals surface area contributed by atoms with Gasteiger partial charge in [0.05, 0.1) is 22.4 Å². The Kier molecular flexibility index (Phi) is 4.69. The fourth-order valence-electron chi connectivity index (χ4n) is 3.43. The first-order valence-corrected chi connectivity index (χ1v) is 8.79. The van der Waals surface area contributed by atoms with Crippen molar-refractivity contribution < 1.29 is 22.8 Å². The van der Waals surface area contributed by atoms with Gasteiger partial charge >= 0.3 is 6.18 Å². The van der Waals surface area contributed by atoms with E-state index in [1.165, 1.54) is 18.3 Å². The Morgan fingerprint density at radius 1 is 1.14 bits per heavy atom. The number of aromatic nitrogens is 2. The molecule has 0 radical (unpaired) electrons. The van der Waals surface area contributed by atoms with Crippen LogP contribution in [0.4, 0.5) is 24.5 Å². The number of hydrogen-bond acceptors (Lipinski definition) is 6. The zero-order valence-electron chi connectivity index (χ0n) is 15.0. The van der Waals surface area contributed by atoms with E-state index in [1.807, 2.05) is 4.90 Å². The average Bonchev–Trinajstić information content (AvgIpc) is 3.15. The van der Waals surface area contributed by atoms with Crippen LogP contribution in [-0.2, 0) is 6.18 Å². The van der Waals surface area contributed by atoms with Gasteiger partial charge < -0.3 is 9.64 Å². The van der Waals surface area contributed by atoms with Crippen molar-refractivity contribution in [3.63, 3.8) is 0 Å². The fourth-order valence-corrected chi connectivity index (χ4v) is 3.43. The lowest BCUT2D eigenvalue weighted by molar-refractivity contribution is -0.383. The van der Waals surface area contributed by atoms with Crippen molar-refractivity contribution in [2.24, 2.45) is 0 Å². The number of hydrogen-bond donors (Lipinski definition) is 0. The van der Waals surface area contributed by atoms with Gasteiger partial charge in [-0.15, -0.1) is 0 Å². The summed E-state index contributed by atoms with van der Waals surface area (Å²) in [5.41, 5.74) is -0.0267. The molecule has 0 spiro atoms. The maximum absolute atomic E-state index is 12.6. The smallest absolute Gasteiger partial charge is 0.417 e. The summed E-state index contributed by atoms with van der Waals surface area (Å²) >= 11 is 0. The molecule has 1 aliphatic rings. The summed E-state index contributed by atoms with van der Waals surface area (Å²) in [5, 5.41) is 12.4. The number of rotatable bonds is 4. The minimum atomic E-state index is -4.44. The van der Waals surface area contributed by atoms with Crippen molar-refractivity contribution in [3.05, 3.63) is 64.6 Å². The van der Waals surface area contributed by atoms with Crippen LogP contribution < -0.4 is 9.64 Å². The van der Waals surface area contributed by atoms with Gasteiger partial charge in [0.25, 0.3) is 5.69 Å². The highest BCUT2D eigenvalue weighted by Gasteiger charge is 2.31. The van der Waals surface area contributed by atoms with Gasteiger partial charge in [-0.05, 0) is 18.2 Å². The topological polar surface area (TPSA) is 81.4 Å². The van der Waals surface area contributed by atoms with Crippen LogP contribution in [0, 0.1) is 10.1 Å². The minimum Gasteiger partial charge on any atom is -0.472 e. The molecule has 0 aliphatic carbocycles. The van der Waals surface area contributed by atoms with Gasteiger partial charge in [0, 0.05) is 54.8 Å². The number of ether oxygens (including phenoxy) is 1. The standard InChI is InChI=1S/C19H15F3N4O3/c20-19(21,22)12-1-4-18(24-9-12)29-13-6-8-25(11-13)16-2-3-17(26(27)28)15-10-23-7-5-14(15)16/h1-5,7,9-10,13H,6,8,11H2. The highest BCUT2D eigenvalue weighted by atomic mass is 19.4. The van der Waals surface area contributed by atoms with Crippen LogP contribution >= 0.6 is 0 Å². The van der Waals surface area contributed by atoms with Crippen molar-refractivity contribution >= 4 is 22.1 Å². The number of pyridine rings is 2. The number of anilines is 1. The number of fused-ring (bicyclic) bond motifs is 1. The largest absolute Gasteiger partial charge is 0.472 e. The second kappa shape index (κ2) is 7.19. The van der Waals surface area contributed by atoms with E-state index in [4.69, 9.17) is 4.74 Å². The van der Waals surface area contributed by atoms with Crippen molar-refractivity contribution in [3.8, 4) is 5.88 Å². The lowest BCUT2D eigenvalue weighted by Gasteiger charge is -2.20. The quantitative estimate of drug-likeness (QED) is 0.479. The monoisotopic (exact) mass is 404 g/mol. The van der Waals surface area contributed by atoms with E-state index in [2.05, 4.69) is 9.97 Å². The third kappa shape index (κ3) is 3.78. The zero-order chi connectivity index (χ0) is 20.6. The van der Waals surface area contributed by atoms with E-state index in [-0.39, 0.29) is 17.7 Å². The van der Waals surface area contributed by atoms with Crippen LogP contribution in [-0.4, -0.2) is 34.1 Å². The number of alkyl halides is 3. The molecule has 1 fully saturated rings. The lowest BCUT2D eigenvalue weighted by atomic mass is 10.1. The Hall–Kier alpha value is -3.43. The Morgan fingerprint density at radius 3 is 2.66 bits per heavy atom. The summed E-state index contributed by atoms with van der Waals surface area (Å²) in [4.78, 5) is 20.6. The van der Waals surface area contributed by atoms with Gasteiger partial charge in [-0.3, -0.25) is 15.1 Å². The van der Waals surface area contributed by atoms with E-state index in [0.29, 0.717) is 30.3 Å². The fraction of sp³-hybridized carbons (Fsp3) is 0.263. The highest BCUT2D eigenvalue weighted by Crippen LogP contribution is 2.35. The number of benzene rings is 1. The normalized spacial score (nSPS) is 16.9. The molecule has 1 unspecified atom stereocenters. The highest BCUT2D eigenvalue weighted by molar-refractivity contribution is 5.99. The summed E-state index contributed by atoms with van der Waals surface area (Å²) in [5.74, 6) is 0.127. The van der Waals surface area contributed by atoms with Crippen LogP contribution in [0.1, 0.15) is 12.0 Å². The van der Waals surface area contributed by atoms with E-state index < -0.39 is 16.7 Å². The second-order valence-electron chi connectivity index (χ2n) is 6.64. The second-order valence-corrected chi connectivity index (χ2v) is 6.64. The molecule has 3 heterocycles. The van der Waals surface area contributed by atoms with E-state index in [9.17, 15) is 23.3 Å². The summed E-state index contributed by atoms with van der Waals surface area (Å²) < 4.78 is 43.6. The molecule has 29 heavy (non-hydrogen) atoms. The number of nitro groups is 1. The summed E-state index contributed by atoms with van der Waals surface area (Å²) in [6, 6.07) is 7.01. The molecule has 1 atom stereocenters. The molecule has 1 saturated heterocycles. The molecular weight excluding hydrogens is 389 g/mol. The van der Waals surface area contributed by atoms with Crippen LogP contribution in [0.15, 0.2) is 48.9 Å². The van der Waals surface area contributed by atoms with Crippen molar-refractivity contribution in [2.45, 2.75) is 18.7 Å². The SMILES string of the molecule is O=[N+]([O-])c1ccc(N2CCC(Oc3ccc(C(F)(F)F)cn3)C2)c2ccncc12. The molecule has 3 aromatic rings. The number of nitro benzene ring substituents is 1. The number of non-ortho nitro benzene ring substituents is 1. The third-order valence-corrected chi connectivity index (χ3v) is 4.81. The van der Waals surface area contributed by atoms with Crippen LogP contribution in [0.3, 0.4) is 0 Å². The average molecular weight is 404 g/mol. The molecule has 1 aliphatic heterocycles. The van der Waals surface area contributed by atoms with Gasteiger partial charge in [0.2, 0.25) is 5.88 Å². The molecule has 0 bridgehead atoms. The third-order valence-electron chi connectivity index (χ3n) is 4.81. The van der Waals surface area contributed by atoms with Crippen LogP contribution in [0.5, 0.6) is 5.88 Å².